The van der Waals surface area contributed by atoms with Gasteiger partial charge >= 0.3 is 0 Å². The fourth-order valence-electron chi connectivity index (χ4n) is 2.18. The van der Waals surface area contributed by atoms with Crippen molar-refractivity contribution in [3.05, 3.63) is 0 Å². The number of hydrogen-bond acceptors (Lipinski definition) is 3. The summed E-state index contributed by atoms with van der Waals surface area (Å²) in [6.07, 6.45) is 4.72. The van der Waals surface area contributed by atoms with E-state index < -0.39 is 0 Å². The van der Waals surface area contributed by atoms with Crippen molar-refractivity contribution in [3.63, 3.8) is 0 Å². The van der Waals surface area contributed by atoms with E-state index in [1.54, 1.807) is 0 Å². The van der Waals surface area contributed by atoms with Crippen molar-refractivity contribution in [1.82, 2.24) is 14.7 Å². The Kier molecular flexibility index (Phi) is 7.45. The molecule has 0 aromatic heterocycles. The van der Waals surface area contributed by atoms with Crippen LogP contribution in [0.5, 0.6) is 0 Å². The van der Waals surface area contributed by atoms with Gasteiger partial charge in [-0.15, -0.1) is 0 Å². The molecule has 17 heavy (non-hydrogen) atoms. The molecule has 3 nitrogen and oxygen atoms in total. The van der Waals surface area contributed by atoms with Gasteiger partial charge in [0.2, 0.25) is 0 Å². The van der Waals surface area contributed by atoms with Gasteiger partial charge in [-0.1, -0.05) is 25.7 Å². The summed E-state index contributed by atoms with van der Waals surface area (Å²) in [5.74, 6) is 6.44. The van der Waals surface area contributed by atoms with E-state index in [4.69, 9.17) is 0 Å². The number of nitrogens with zero attached hydrogens (tertiary/aromatic N) is 3. The predicted molar refractivity (Wildman–Crippen MR) is 75.7 cm³/mol. The van der Waals surface area contributed by atoms with Crippen LogP contribution >= 0.6 is 0 Å². The highest BCUT2D eigenvalue weighted by atomic mass is 15.5. The van der Waals surface area contributed by atoms with Crippen LogP contribution in [-0.2, 0) is 0 Å². The Labute approximate surface area is 108 Å². The van der Waals surface area contributed by atoms with E-state index in [1.807, 2.05) is 0 Å². The van der Waals surface area contributed by atoms with E-state index in [9.17, 15) is 0 Å². The zero-order chi connectivity index (χ0) is 13.5. The quantitative estimate of drug-likeness (QED) is 0.398. The lowest BCUT2D eigenvalue weighted by molar-refractivity contribution is -0.0570. The topological polar surface area (TPSA) is 9.72 Å². The lowest BCUT2D eigenvalue weighted by Gasteiger charge is -2.45. The second-order valence-corrected chi connectivity index (χ2v) is 5.08. The molecule has 0 aliphatic rings. The summed E-state index contributed by atoms with van der Waals surface area (Å²) in [5.41, 5.74) is 0. The molecule has 0 N–H and O–H groups in total. The molecular formula is C14H29N3. The molecule has 0 bridgehead atoms. The average molecular weight is 239 g/mol. The van der Waals surface area contributed by atoms with E-state index >= 15 is 0 Å². The number of rotatable bonds is 6. The van der Waals surface area contributed by atoms with Gasteiger partial charge in [0.25, 0.3) is 0 Å². The molecule has 0 rings (SSSR count). The van der Waals surface area contributed by atoms with Gasteiger partial charge in [-0.3, -0.25) is 14.7 Å². The summed E-state index contributed by atoms with van der Waals surface area (Å²) in [4.78, 5) is 6.46. The molecule has 0 aromatic rings. The molecule has 0 fully saturated rings. The third-order valence-corrected chi connectivity index (χ3v) is 3.03. The first kappa shape index (κ1) is 16.4. The van der Waals surface area contributed by atoms with Gasteiger partial charge in [0.1, 0.15) is 0 Å². The Morgan fingerprint density at radius 3 is 1.65 bits per heavy atom. The lowest BCUT2D eigenvalue weighted by Crippen LogP contribution is -2.63. The summed E-state index contributed by atoms with van der Waals surface area (Å²) in [5, 5.41) is 0. The minimum Gasteiger partial charge on any atom is -0.268 e. The van der Waals surface area contributed by atoms with Crippen LogP contribution in [0.25, 0.3) is 0 Å². The molecule has 0 radical (unpaired) electrons. The predicted octanol–water partition coefficient (Wildman–Crippen LogP) is 1.91. The first-order valence-corrected chi connectivity index (χ1v) is 6.41. The van der Waals surface area contributed by atoms with E-state index in [-0.39, 0.29) is 5.79 Å². The first-order valence-electron chi connectivity index (χ1n) is 6.41. The Morgan fingerprint density at radius 2 is 1.29 bits per heavy atom. The monoisotopic (exact) mass is 239 g/mol. The van der Waals surface area contributed by atoms with Gasteiger partial charge in [0.05, 0.1) is 0 Å². The summed E-state index contributed by atoms with van der Waals surface area (Å²) in [6, 6.07) is 0. The summed E-state index contributed by atoms with van der Waals surface area (Å²) < 4.78 is 0. The van der Waals surface area contributed by atoms with Gasteiger partial charge in [-0.25, -0.2) is 0 Å². The number of hydrogen-bond donors (Lipinski definition) is 0. The molecular weight excluding hydrogens is 210 g/mol. The summed E-state index contributed by atoms with van der Waals surface area (Å²) in [6.45, 7) is 2.22. The van der Waals surface area contributed by atoms with E-state index in [0.717, 1.165) is 6.42 Å². The molecule has 0 aliphatic carbocycles. The van der Waals surface area contributed by atoms with Crippen LogP contribution in [0.3, 0.4) is 0 Å². The molecule has 0 amide bonds. The van der Waals surface area contributed by atoms with Crippen molar-refractivity contribution in [2.45, 2.75) is 38.4 Å². The maximum absolute atomic E-state index is 3.42. The lowest BCUT2D eigenvalue weighted by atomic mass is 10.2. The molecule has 3 heteroatoms. The smallest absolute Gasteiger partial charge is 0.194 e. The highest BCUT2D eigenvalue weighted by Gasteiger charge is 2.35. The highest BCUT2D eigenvalue weighted by Crippen LogP contribution is 2.17. The minimum atomic E-state index is -0.313. The van der Waals surface area contributed by atoms with Crippen LogP contribution in [0, 0.1) is 11.8 Å². The van der Waals surface area contributed by atoms with Crippen molar-refractivity contribution in [2.75, 3.05) is 42.3 Å². The van der Waals surface area contributed by atoms with Gasteiger partial charge in [-0.05, 0) is 54.6 Å². The number of unbranched alkanes of at least 4 members (excludes halogenated alkanes) is 3. The van der Waals surface area contributed by atoms with Crippen molar-refractivity contribution < 1.29 is 0 Å². The second kappa shape index (κ2) is 7.71. The fraction of sp³-hybridized carbons (Fsp3) is 0.857. The van der Waals surface area contributed by atoms with Crippen molar-refractivity contribution in [2.24, 2.45) is 0 Å². The third-order valence-electron chi connectivity index (χ3n) is 3.03. The largest absolute Gasteiger partial charge is 0.268 e. The van der Waals surface area contributed by atoms with Crippen LogP contribution in [0.1, 0.15) is 32.6 Å². The van der Waals surface area contributed by atoms with Crippen LogP contribution < -0.4 is 0 Å². The molecule has 0 heterocycles. The van der Waals surface area contributed by atoms with E-state index in [2.05, 4.69) is 75.8 Å². The summed E-state index contributed by atoms with van der Waals surface area (Å²) >= 11 is 0. The standard InChI is InChI=1S/C14H29N3/c1-8-9-10-11-12-13-14(15(2)3,16(4)5)17(6)7/h8-11H2,1-7H3. The van der Waals surface area contributed by atoms with Gasteiger partial charge < -0.3 is 0 Å². The molecule has 0 spiro atoms. The Morgan fingerprint density at radius 1 is 0.824 bits per heavy atom. The van der Waals surface area contributed by atoms with Crippen molar-refractivity contribution in [3.8, 4) is 11.8 Å². The maximum atomic E-state index is 3.42. The van der Waals surface area contributed by atoms with Gasteiger partial charge in [-0.2, -0.15) is 0 Å². The molecule has 0 saturated heterocycles. The average Bonchev–Trinajstić information content (AvgIpc) is 2.21. The van der Waals surface area contributed by atoms with E-state index in [1.165, 1.54) is 19.3 Å². The molecule has 0 unspecified atom stereocenters. The van der Waals surface area contributed by atoms with Gasteiger partial charge in [0, 0.05) is 6.42 Å². The SMILES string of the molecule is CCCCCC#CC(N(C)C)(N(C)C)N(C)C. The van der Waals surface area contributed by atoms with Gasteiger partial charge in [0.15, 0.2) is 5.79 Å². The minimum absolute atomic E-state index is 0.313. The Bertz CT molecular complexity index is 237. The fourth-order valence-corrected chi connectivity index (χ4v) is 2.18. The van der Waals surface area contributed by atoms with Crippen LogP contribution in [0.15, 0.2) is 0 Å². The van der Waals surface area contributed by atoms with Crippen molar-refractivity contribution in [1.29, 1.82) is 0 Å². The molecule has 100 valence electrons. The second-order valence-electron chi connectivity index (χ2n) is 5.08. The highest BCUT2D eigenvalue weighted by molar-refractivity contribution is 5.15. The molecule has 0 aromatic carbocycles. The zero-order valence-electron chi connectivity index (χ0n) is 12.7. The maximum Gasteiger partial charge on any atom is 0.194 e. The van der Waals surface area contributed by atoms with Crippen LogP contribution in [0.2, 0.25) is 0 Å². The summed E-state index contributed by atoms with van der Waals surface area (Å²) in [7, 11) is 12.4. The third kappa shape index (κ3) is 4.31. The van der Waals surface area contributed by atoms with E-state index in [0.29, 0.717) is 0 Å². The Balaban J connectivity index is 4.80. The van der Waals surface area contributed by atoms with Crippen molar-refractivity contribution >= 4 is 0 Å². The van der Waals surface area contributed by atoms with Crippen LogP contribution in [0.4, 0.5) is 0 Å². The molecule has 0 aliphatic heterocycles. The first-order chi connectivity index (χ1) is 7.89. The molecule has 0 saturated carbocycles. The molecule has 0 atom stereocenters. The zero-order valence-corrected chi connectivity index (χ0v) is 12.7. The normalized spacial score (nSPS) is 12.1. The van der Waals surface area contributed by atoms with Crippen LogP contribution in [-0.4, -0.2) is 62.8 Å². The Hall–Kier alpha value is -0.560.